The standard InChI is InChI=1S/C13H26N2S/c1-5-6-7-8-13(3,4)10-15-12-14-9-11(2)16-12/h11H,5-10H2,1-4H3,(H,14,15). The zero-order chi connectivity index (χ0) is 12.0. The van der Waals surface area contributed by atoms with Gasteiger partial charge in [-0.3, -0.25) is 4.99 Å². The van der Waals surface area contributed by atoms with E-state index in [1.54, 1.807) is 0 Å². The smallest absolute Gasteiger partial charge is 0.156 e. The van der Waals surface area contributed by atoms with Crippen LogP contribution in [-0.2, 0) is 0 Å². The largest absolute Gasteiger partial charge is 0.364 e. The molecule has 1 aliphatic heterocycles. The van der Waals surface area contributed by atoms with Crippen molar-refractivity contribution in [2.75, 3.05) is 13.1 Å². The van der Waals surface area contributed by atoms with Gasteiger partial charge in [0.2, 0.25) is 0 Å². The number of thioether (sulfide) groups is 1. The fraction of sp³-hybridized carbons (Fsp3) is 0.923. The van der Waals surface area contributed by atoms with Crippen LogP contribution in [0.3, 0.4) is 0 Å². The number of unbranched alkanes of at least 4 members (excludes halogenated alkanes) is 2. The summed E-state index contributed by atoms with van der Waals surface area (Å²) in [7, 11) is 0. The lowest BCUT2D eigenvalue weighted by Crippen LogP contribution is -2.32. The van der Waals surface area contributed by atoms with Gasteiger partial charge in [-0.05, 0) is 11.8 Å². The van der Waals surface area contributed by atoms with Gasteiger partial charge in [0.15, 0.2) is 5.17 Å². The molecule has 1 aliphatic rings. The summed E-state index contributed by atoms with van der Waals surface area (Å²) in [6, 6.07) is 0. The van der Waals surface area contributed by atoms with Crippen LogP contribution in [0.2, 0.25) is 0 Å². The van der Waals surface area contributed by atoms with Crippen molar-refractivity contribution in [3.05, 3.63) is 0 Å². The van der Waals surface area contributed by atoms with Crippen LogP contribution in [0.15, 0.2) is 4.99 Å². The minimum absolute atomic E-state index is 0.393. The third-order valence-electron chi connectivity index (χ3n) is 2.98. The summed E-state index contributed by atoms with van der Waals surface area (Å²) in [6.45, 7) is 11.2. The van der Waals surface area contributed by atoms with Crippen molar-refractivity contribution in [1.82, 2.24) is 5.32 Å². The predicted octanol–water partition coefficient (Wildman–Crippen LogP) is 3.67. The number of hydrogen-bond donors (Lipinski definition) is 1. The summed E-state index contributed by atoms with van der Waals surface area (Å²) < 4.78 is 0. The maximum absolute atomic E-state index is 4.48. The molecular formula is C13H26N2S. The number of hydrogen-bond acceptors (Lipinski definition) is 3. The third-order valence-corrected chi connectivity index (χ3v) is 4.03. The van der Waals surface area contributed by atoms with E-state index in [9.17, 15) is 0 Å². The maximum Gasteiger partial charge on any atom is 0.156 e. The molecule has 0 aromatic carbocycles. The lowest BCUT2D eigenvalue weighted by molar-refractivity contribution is 0.320. The van der Waals surface area contributed by atoms with E-state index >= 15 is 0 Å². The van der Waals surface area contributed by atoms with Crippen molar-refractivity contribution in [1.29, 1.82) is 0 Å². The number of rotatable bonds is 6. The van der Waals surface area contributed by atoms with Gasteiger partial charge in [0, 0.05) is 11.8 Å². The highest BCUT2D eigenvalue weighted by Crippen LogP contribution is 2.24. The van der Waals surface area contributed by atoms with Crippen LogP contribution >= 0.6 is 11.8 Å². The molecule has 1 unspecified atom stereocenters. The van der Waals surface area contributed by atoms with E-state index in [4.69, 9.17) is 0 Å². The summed E-state index contributed by atoms with van der Waals surface area (Å²) in [6.07, 6.45) is 5.32. The van der Waals surface area contributed by atoms with Crippen LogP contribution in [0.25, 0.3) is 0 Å². The van der Waals surface area contributed by atoms with E-state index < -0.39 is 0 Å². The van der Waals surface area contributed by atoms with Gasteiger partial charge in [-0.15, -0.1) is 0 Å². The lowest BCUT2D eigenvalue weighted by Gasteiger charge is -2.25. The highest BCUT2D eigenvalue weighted by Gasteiger charge is 2.20. The zero-order valence-corrected chi connectivity index (χ0v) is 12.0. The second-order valence-electron chi connectivity index (χ2n) is 5.55. The molecule has 0 saturated carbocycles. The maximum atomic E-state index is 4.48. The summed E-state index contributed by atoms with van der Waals surface area (Å²) >= 11 is 1.87. The highest BCUT2D eigenvalue weighted by molar-refractivity contribution is 8.14. The molecule has 16 heavy (non-hydrogen) atoms. The first-order valence-corrected chi connectivity index (χ1v) is 7.36. The Bertz CT molecular complexity index is 236. The molecule has 2 nitrogen and oxygen atoms in total. The molecule has 0 fully saturated rings. The monoisotopic (exact) mass is 242 g/mol. The summed E-state index contributed by atoms with van der Waals surface area (Å²) in [5.74, 6) is 0. The fourth-order valence-electron chi connectivity index (χ4n) is 1.83. The van der Waals surface area contributed by atoms with Crippen molar-refractivity contribution in [3.8, 4) is 0 Å². The van der Waals surface area contributed by atoms with Gasteiger partial charge in [-0.25, -0.2) is 0 Å². The minimum Gasteiger partial charge on any atom is -0.364 e. The molecule has 0 spiro atoms. The lowest BCUT2D eigenvalue weighted by atomic mass is 9.87. The summed E-state index contributed by atoms with van der Waals surface area (Å²) in [5, 5.41) is 5.30. The second kappa shape index (κ2) is 6.53. The molecule has 1 atom stereocenters. The van der Waals surface area contributed by atoms with Crippen molar-refractivity contribution < 1.29 is 0 Å². The Kier molecular flexibility index (Phi) is 5.67. The summed E-state index contributed by atoms with van der Waals surface area (Å²) in [4.78, 5) is 4.48. The number of nitrogens with one attached hydrogen (secondary N) is 1. The van der Waals surface area contributed by atoms with Gasteiger partial charge in [-0.1, -0.05) is 58.7 Å². The van der Waals surface area contributed by atoms with E-state index in [1.165, 1.54) is 25.7 Å². The van der Waals surface area contributed by atoms with Crippen LogP contribution in [0.5, 0.6) is 0 Å². The fourth-order valence-corrected chi connectivity index (χ4v) is 2.67. The average Bonchev–Trinajstić information content (AvgIpc) is 2.62. The molecule has 0 aliphatic carbocycles. The molecule has 0 saturated heterocycles. The van der Waals surface area contributed by atoms with E-state index in [1.807, 2.05) is 11.8 Å². The molecule has 0 radical (unpaired) electrons. The Hall–Kier alpha value is -0.180. The number of nitrogens with zero attached hydrogens (tertiary/aromatic N) is 1. The molecule has 0 amide bonds. The first-order chi connectivity index (χ1) is 7.53. The van der Waals surface area contributed by atoms with Crippen LogP contribution in [0.4, 0.5) is 0 Å². The van der Waals surface area contributed by atoms with Gasteiger partial charge >= 0.3 is 0 Å². The SMILES string of the molecule is CCCCCC(C)(C)CNC1=NCC(C)S1. The molecule has 94 valence electrons. The molecule has 3 heteroatoms. The van der Waals surface area contributed by atoms with E-state index in [0.717, 1.165) is 18.3 Å². The van der Waals surface area contributed by atoms with Gasteiger partial charge in [0.1, 0.15) is 0 Å². The van der Waals surface area contributed by atoms with Gasteiger partial charge < -0.3 is 5.32 Å². The van der Waals surface area contributed by atoms with Gasteiger partial charge in [0.25, 0.3) is 0 Å². The van der Waals surface area contributed by atoms with Gasteiger partial charge in [0.05, 0.1) is 6.54 Å². The van der Waals surface area contributed by atoms with Crippen molar-refractivity contribution in [2.24, 2.45) is 10.4 Å². The molecule has 0 aromatic heterocycles. The Balaban J connectivity index is 2.19. The molecular weight excluding hydrogens is 216 g/mol. The average molecular weight is 242 g/mol. The number of amidine groups is 1. The van der Waals surface area contributed by atoms with Gasteiger partial charge in [-0.2, -0.15) is 0 Å². The first kappa shape index (κ1) is 13.9. The van der Waals surface area contributed by atoms with Crippen molar-refractivity contribution in [2.45, 2.75) is 58.6 Å². The molecule has 1 heterocycles. The summed E-state index contributed by atoms with van der Waals surface area (Å²) in [5.41, 5.74) is 0.393. The quantitative estimate of drug-likeness (QED) is 0.719. The number of aliphatic imine (C=N–C) groups is 1. The Morgan fingerprint density at radius 1 is 1.44 bits per heavy atom. The molecule has 0 bridgehead atoms. The molecule has 0 aromatic rings. The van der Waals surface area contributed by atoms with Crippen molar-refractivity contribution >= 4 is 16.9 Å². The normalized spacial score (nSPS) is 21.0. The van der Waals surface area contributed by atoms with Crippen molar-refractivity contribution in [3.63, 3.8) is 0 Å². The Labute approximate surface area is 105 Å². The van der Waals surface area contributed by atoms with E-state index in [2.05, 4.69) is 38.0 Å². The van der Waals surface area contributed by atoms with Crippen LogP contribution in [0.1, 0.15) is 53.4 Å². The third kappa shape index (κ3) is 5.24. The Morgan fingerprint density at radius 3 is 2.75 bits per heavy atom. The van der Waals surface area contributed by atoms with Crippen LogP contribution in [0, 0.1) is 5.41 Å². The van der Waals surface area contributed by atoms with E-state index in [0.29, 0.717) is 10.7 Å². The van der Waals surface area contributed by atoms with Crippen LogP contribution in [-0.4, -0.2) is 23.5 Å². The minimum atomic E-state index is 0.393. The topological polar surface area (TPSA) is 24.4 Å². The molecule has 1 N–H and O–H groups in total. The van der Waals surface area contributed by atoms with E-state index in [-0.39, 0.29) is 0 Å². The van der Waals surface area contributed by atoms with Crippen LogP contribution < -0.4 is 5.32 Å². The molecule has 1 rings (SSSR count). The second-order valence-corrected chi connectivity index (χ2v) is 6.98. The Morgan fingerprint density at radius 2 is 2.19 bits per heavy atom. The zero-order valence-electron chi connectivity index (χ0n) is 11.2. The first-order valence-electron chi connectivity index (χ1n) is 6.48. The highest BCUT2D eigenvalue weighted by atomic mass is 32.2. The predicted molar refractivity (Wildman–Crippen MR) is 75.3 cm³/mol.